The molecule has 0 saturated carbocycles. The van der Waals surface area contributed by atoms with Crippen LogP contribution in [0, 0.1) is 11.7 Å². The topological polar surface area (TPSA) is 67.4 Å². The van der Waals surface area contributed by atoms with E-state index in [1.165, 1.54) is 12.1 Å². The molecule has 0 radical (unpaired) electrons. The van der Waals surface area contributed by atoms with Gasteiger partial charge in [0.1, 0.15) is 11.7 Å². The predicted molar refractivity (Wildman–Crippen MR) is 88.5 cm³/mol. The Balaban J connectivity index is 2.07. The van der Waals surface area contributed by atoms with Crippen LogP contribution in [0.5, 0.6) is 0 Å². The number of urea groups is 1. The molecule has 0 spiro atoms. The lowest BCUT2D eigenvalue weighted by molar-refractivity contribution is -0.148. The minimum Gasteiger partial charge on any atom is -0.465 e. The van der Waals surface area contributed by atoms with E-state index in [9.17, 15) is 14.0 Å². The van der Waals surface area contributed by atoms with Gasteiger partial charge in [-0.2, -0.15) is 0 Å². The van der Waals surface area contributed by atoms with Crippen LogP contribution in [0.15, 0.2) is 36.5 Å². The zero-order valence-electron chi connectivity index (χ0n) is 13.8. The van der Waals surface area contributed by atoms with Gasteiger partial charge in [0.25, 0.3) is 0 Å². The van der Waals surface area contributed by atoms with Crippen molar-refractivity contribution in [2.24, 2.45) is 5.92 Å². The van der Waals surface area contributed by atoms with Gasteiger partial charge in [-0.05, 0) is 24.1 Å². The second-order valence-corrected chi connectivity index (χ2v) is 5.86. The second-order valence-electron chi connectivity index (χ2n) is 5.86. The van der Waals surface area contributed by atoms with Gasteiger partial charge in [-0.15, -0.1) is 0 Å². The number of esters is 1. The van der Waals surface area contributed by atoms with Crippen LogP contribution in [0.1, 0.15) is 44.2 Å². The molecule has 2 N–H and O–H groups in total. The van der Waals surface area contributed by atoms with E-state index in [0.717, 1.165) is 25.7 Å². The first-order chi connectivity index (χ1) is 11.5. The quantitative estimate of drug-likeness (QED) is 0.593. The van der Waals surface area contributed by atoms with E-state index < -0.39 is 24.0 Å². The van der Waals surface area contributed by atoms with Crippen molar-refractivity contribution in [2.45, 2.75) is 38.6 Å². The Kier molecular flexibility index (Phi) is 6.35. The largest absolute Gasteiger partial charge is 0.465 e. The molecule has 1 aliphatic rings. The Hall–Kier alpha value is -2.37. The van der Waals surface area contributed by atoms with E-state index in [2.05, 4.69) is 24.1 Å². The van der Waals surface area contributed by atoms with Gasteiger partial charge in [0.2, 0.25) is 0 Å². The van der Waals surface area contributed by atoms with E-state index in [0.29, 0.717) is 12.2 Å². The molecule has 1 heterocycles. The summed E-state index contributed by atoms with van der Waals surface area (Å²) in [5, 5.41) is 5.20. The summed E-state index contributed by atoms with van der Waals surface area (Å²) in [6.07, 6.45) is 4.02. The first-order valence-electron chi connectivity index (χ1n) is 8.21. The number of hydrogen-bond acceptors (Lipinski definition) is 3. The molecule has 1 aromatic carbocycles. The fourth-order valence-corrected chi connectivity index (χ4v) is 2.70. The standard InChI is InChI=1S/C18H23FN2O3/c1-3-4-5-6-11-24-17(22)15-12(2)20-18(23)21-16(15)13-7-9-14(19)10-8-13/h7-10,15-16H,2-6,11H2,1H3,(H2,20,21,23)/t15-,16+/m1/s1. The summed E-state index contributed by atoms with van der Waals surface area (Å²) in [7, 11) is 0. The summed E-state index contributed by atoms with van der Waals surface area (Å²) in [6, 6.07) is 4.59. The second kappa shape index (κ2) is 8.47. The van der Waals surface area contributed by atoms with Crippen LogP contribution in [0.2, 0.25) is 0 Å². The summed E-state index contributed by atoms with van der Waals surface area (Å²) in [4.78, 5) is 24.2. The van der Waals surface area contributed by atoms with Gasteiger partial charge in [0, 0.05) is 5.70 Å². The van der Waals surface area contributed by atoms with Crippen LogP contribution in [0.4, 0.5) is 9.18 Å². The van der Waals surface area contributed by atoms with Crippen LogP contribution in [-0.4, -0.2) is 18.6 Å². The highest BCUT2D eigenvalue weighted by Crippen LogP contribution is 2.30. The maximum absolute atomic E-state index is 13.1. The number of carbonyl (C=O) groups excluding carboxylic acids is 2. The molecule has 24 heavy (non-hydrogen) atoms. The van der Waals surface area contributed by atoms with Crippen LogP contribution >= 0.6 is 0 Å². The average Bonchev–Trinajstić information content (AvgIpc) is 2.54. The zero-order chi connectivity index (χ0) is 17.5. The van der Waals surface area contributed by atoms with Gasteiger partial charge in [0.05, 0.1) is 12.6 Å². The smallest absolute Gasteiger partial charge is 0.319 e. The molecule has 130 valence electrons. The normalized spacial score (nSPS) is 20.2. The molecule has 0 aromatic heterocycles. The Morgan fingerprint density at radius 1 is 1.25 bits per heavy atom. The molecule has 2 rings (SSSR count). The van der Waals surface area contributed by atoms with Gasteiger partial charge in [0.15, 0.2) is 0 Å². The van der Waals surface area contributed by atoms with Crippen molar-refractivity contribution in [2.75, 3.05) is 6.61 Å². The van der Waals surface area contributed by atoms with Crippen LogP contribution in [0.25, 0.3) is 0 Å². The minimum atomic E-state index is -0.751. The van der Waals surface area contributed by atoms with Crippen molar-refractivity contribution in [3.8, 4) is 0 Å². The number of rotatable bonds is 7. The van der Waals surface area contributed by atoms with Crippen molar-refractivity contribution in [3.63, 3.8) is 0 Å². The van der Waals surface area contributed by atoms with Gasteiger partial charge in [-0.25, -0.2) is 9.18 Å². The molecule has 5 nitrogen and oxygen atoms in total. The molecule has 0 bridgehead atoms. The summed E-state index contributed by atoms with van der Waals surface area (Å²) >= 11 is 0. The summed E-state index contributed by atoms with van der Waals surface area (Å²) in [6.45, 7) is 6.22. The van der Waals surface area contributed by atoms with Gasteiger partial charge in [-0.1, -0.05) is 44.9 Å². The van der Waals surface area contributed by atoms with Crippen molar-refractivity contribution in [3.05, 3.63) is 47.9 Å². The molecule has 1 saturated heterocycles. The first kappa shape index (κ1) is 18.0. The van der Waals surface area contributed by atoms with Crippen LogP contribution < -0.4 is 10.6 Å². The van der Waals surface area contributed by atoms with Crippen molar-refractivity contribution in [1.29, 1.82) is 0 Å². The van der Waals surface area contributed by atoms with Crippen LogP contribution in [-0.2, 0) is 9.53 Å². The fraction of sp³-hybridized carbons (Fsp3) is 0.444. The maximum atomic E-state index is 13.1. The van der Waals surface area contributed by atoms with Crippen LogP contribution in [0.3, 0.4) is 0 Å². The molecule has 1 fully saturated rings. The van der Waals surface area contributed by atoms with E-state index >= 15 is 0 Å². The number of ether oxygens (including phenoxy) is 1. The zero-order valence-corrected chi connectivity index (χ0v) is 13.8. The molecule has 1 aromatic rings. The molecule has 1 aliphatic heterocycles. The third-order valence-corrected chi connectivity index (χ3v) is 3.99. The van der Waals surface area contributed by atoms with Crippen molar-refractivity contribution in [1.82, 2.24) is 10.6 Å². The van der Waals surface area contributed by atoms with Gasteiger partial charge < -0.3 is 15.4 Å². The fourth-order valence-electron chi connectivity index (χ4n) is 2.70. The van der Waals surface area contributed by atoms with E-state index in [-0.39, 0.29) is 11.5 Å². The number of hydrogen-bond donors (Lipinski definition) is 2. The summed E-state index contributed by atoms with van der Waals surface area (Å²) in [5.74, 6) is -1.58. The Labute approximate surface area is 141 Å². The number of carbonyl (C=O) groups is 2. The van der Waals surface area contributed by atoms with Crippen molar-refractivity contribution >= 4 is 12.0 Å². The Morgan fingerprint density at radius 2 is 1.96 bits per heavy atom. The molecular weight excluding hydrogens is 311 g/mol. The van der Waals surface area contributed by atoms with E-state index in [1.807, 2.05) is 0 Å². The number of unbranched alkanes of at least 4 members (excludes halogenated alkanes) is 3. The Morgan fingerprint density at radius 3 is 2.62 bits per heavy atom. The van der Waals surface area contributed by atoms with Gasteiger partial charge in [-0.3, -0.25) is 4.79 Å². The summed E-state index contributed by atoms with van der Waals surface area (Å²) in [5.41, 5.74) is 0.909. The van der Waals surface area contributed by atoms with Gasteiger partial charge >= 0.3 is 12.0 Å². The monoisotopic (exact) mass is 334 g/mol. The first-order valence-corrected chi connectivity index (χ1v) is 8.21. The molecule has 2 atom stereocenters. The molecule has 6 heteroatoms. The number of benzene rings is 1. The van der Waals surface area contributed by atoms with E-state index in [1.54, 1.807) is 12.1 Å². The number of nitrogens with one attached hydrogen (secondary N) is 2. The highest BCUT2D eigenvalue weighted by Gasteiger charge is 2.38. The average molecular weight is 334 g/mol. The predicted octanol–water partition coefficient (Wildman–Crippen LogP) is 3.43. The lowest BCUT2D eigenvalue weighted by Gasteiger charge is -2.33. The summed E-state index contributed by atoms with van der Waals surface area (Å²) < 4.78 is 18.5. The molecule has 0 aliphatic carbocycles. The molecular formula is C18H23FN2O3. The third kappa shape index (κ3) is 4.57. The van der Waals surface area contributed by atoms with Crippen molar-refractivity contribution < 1.29 is 18.7 Å². The number of amides is 2. The number of halogens is 1. The highest BCUT2D eigenvalue weighted by atomic mass is 19.1. The third-order valence-electron chi connectivity index (χ3n) is 3.99. The minimum absolute atomic E-state index is 0.284. The van der Waals surface area contributed by atoms with E-state index in [4.69, 9.17) is 4.74 Å². The molecule has 0 unspecified atom stereocenters. The molecule has 2 amide bonds. The lowest BCUT2D eigenvalue weighted by Crippen LogP contribution is -2.51. The highest BCUT2D eigenvalue weighted by molar-refractivity contribution is 5.85. The lowest BCUT2D eigenvalue weighted by atomic mass is 9.89. The maximum Gasteiger partial charge on any atom is 0.319 e. The SMILES string of the molecule is C=C1NC(=O)N[C@@H](c2ccc(F)cc2)[C@@H]1C(=O)OCCCCCC. The Bertz CT molecular complexity index is 601.